The number of ether oxygens (including phenoxy) is 2. The topological polar surface area (TPSA) is 211 Å². The number of phosphoric ester groups is 1. The van der Waals surface area contributed by atoms with Crippen LogP contribution < -0.4 is 0 Å². The molecule has 0 aromatic heterocycles. The fraction of sp³-hybridized carbons (Fsp3) is 1.00. The Hall–Kier alpha value is 0.210. The van der Waals surface area contributed by atoms with Crippen LogP contribution in [0, 0.1) is 0 Å². The Labute approximate surface area is 197 Å². The smallest absolute Gasteiger partial charge is 0.387 e. The number of nitrogens with zero attached hydrogens (tertiary/aromatic N) is 1. The highest BCUT2D eigenvalue weighted by molar-refractivity contribution is 7.66. The molecule has 0 amide bonds. The van der Waals surface area contributed by atoms with Crippen molar-refractivity contribution in [3.8, 4) is 0 Å². The molecule has 2 rings (SSSR count). The van der Waals surface area contributed by atoms with E-state index in [0.29, 0.717) is 12.8 Å². The largest absolute Gasteiger partial charge is 0.490 e. The van der Waals surface area contributed by atoms with Gasteiger partial charge in [-0.2, -0.15) is 13.7 Å². The van der Waals surface area contributed by atoms with Gasteiger partial charge in [0.05, 0.1) is 18.8 Å². The number of hydrogen-bond donors (Lipinski definition) is 5. The van der Waals surface area contributed by atoms with Crippen molar-refractivity contribution in [1.29, 1.82) is 0 Å². The Morgan fingerprint density at radius 3 is 1.97 bits per heavy atom. The van der Waals surface area contributed by atoms with Crippen LogP contribution in [0.1, 0.15) is 47.5 Å². The van der Waals surface area contributed by atoms with Crippen LogP contribution >= 0.6 is 23.5 Å². The second-order valence-electron chi connectivity index (χ2n) is 9.51. The predicted octanol–water partition coefficient (Wildman–Crippen LogP) is 1.45. The van der Waals surface area contributed by atoms with Gasteiger partial charge in [-0.3, -0.25) is 9.36 Å². The van der Waals surface area contributed by atoms with E-state index in [1.165, 1.54) is 0 Å². The number of phosphoric acid groups is 3. The lowest BCUT2D eigenvalue weighted by Gasteiger charge is -2.54. The monoisotopic (exact) mass is 557 g/mol. The van der Waals surface area contributed by atoms with Crippen molar-refractivity contribution in [2.45, 2.75) is 89.1 Å². The average molecular weight is 557 g/mol. The minimum absolute atomic E-state index is 0.0175. The van der Waals surface area contributed by atoms with Crippen LogP contribution in [0.15, 0.2) is 0 Å². The van der Waals surface area contributed by atoms with Gasteiger partial charge in [0.1, 0.15) is 18.3 Å². The van der Waals surface area contributed by atoms with Crippen molar-refractivity contribution in [2.24, 2.45) is 0 Å². The minimum Gasteiger partial charge on any atom is -0.387 e. The zero-order valence-electron chi connectivity index (χ0n) is 19.7. The Morgan fingerprint density at radius 1 is 0.971 bits per heavy atom. The van der Waals surface area contributed by atoms with Crippen LogP contribution in [0.3, 0.4) is 0 Å². The molecule has 5 N–H and O–H groups in total. The normalized spacial score (nSPS) is 34.0. The summed E-state index contributed by atoms with van der Waals surface area (Å²) in [4.78, 5) is 42.2. The quantitative estimate of drug-likeness (QED) is 0.241. The lowest BCUT2D eigenvalue weighted by molar-refractivity contribution is -0.326. The van der Waals surface area contributed by atoms with E-state index in [0.717, 1.165) is 0 Å². The number of hydroxylamine groups is 2. The Kier molecular flexibility index (Phi) is 9.42. The highest BCUT2D eigenvalue weighted by Crippen LogP contribution is 2.66. The highest BCUT2D eigenvalue weighted by Gasteiger charge is 2.52. The lowest BCUT2D eigenvalue weighted by Crippen LogP contribution is -2.63. The summed E-state index contributed by atoms with van der Waals surface area (Å²) in [6.45, 7) is 8.74. The van der Waals surface area contributed by atoms with Gasteiger partial charge < -0.3 is 34.2 Å². The third-order valence-electron chi connectivity index (χ3n) is 5.50. The minimum atomic E-state index is -5.64. The van der Waals surface area contributed by atoms with Crippen LogP contribution in [-0.2, 0) is 41.2 Å². The molecule has 0 saturated carbocycles. The molecule has 34 heavy (non-hydrogen) atoms. The van der Waals surface area contributed by atoms with Gasteiger partial charge in [0, 0.05) is 18.2 Å². The summed E-state index contributed by atoms with van der Waals surface area (Å²) in [5, 5.41) is 12.5. The van der Waals surface area contributed by atoms with E-state index < -0.39 is 65.6 Å². The molecule has 6 atom stereocenters. The molecule has 2 heterocycles. The number of methoxy groups -OCH3 is 1. The van der Waals surface area contributed by atoms with Gasteiger partial charge in [-0.05, 0) is 47.5 Å². The van der Waals surface area contributed by atoms with E-state index in [2.05, 4.69) is 13.1 Å². The molecule has 18 heteroatoms. The van der Waals surface area contributed by atoms with Crippen molar-refractivity contribution in [3.05, 3.63) is 0 Å². The molecule has 0 aromatic carbocycles. The van der Waals surface area contributed by atoms with Crippen molar-refractivity contribution in [1.82, 2.24) is 5.06 Å². The molecule has 15 nitrogen and oxygen atoms in total. The van der Waals surface area contributed by atoms with Gasteiger partial charge in [0.15, 0.2) is 0 Å². The third kappa shape index (κ3) is 8.11. The van der Waals surface area contributed by atoms with E-state index in [1.807, 2.05) is 27.7 Å². The second kappa shape index (κ2) is 10.5. The van der Waals surface area contributed by atoms with Crippen molar-refractivity contribution in [2.75, 3.05) is 13.7 Å². The van der Waals surface area contributed by atoms with Crippen molar-refractivity contribution >= 4 is 23.5 Å². The van der Waals surface area contributed by atoms with Gasteiger partial charge >= 0.3 is 23.5 Å². The first-order chi connectivity index (χ1) is 15.2. The molecule has 2 aliphatic heterocycles. The van der Waals surface area contributed by atoms with Gasteiger partial charge in [-0.25, -0.2) is 13.7 Å². The van der Waals surface area contributed by atoms with E-state index in [-0.39, 0.29) is 6.10 Å². The summed E-state index contributed by atoms with van der Waals surface area (Å²) in [5.41, 5.74) is -0.932. The lowest BCUT2D eigenvalue weighted by atomic mass is 9.80. The summed E-state index contributed by atoms with van der Waals surface area (Å²) in [6.07, 6.45) is -2.71. The summed E-state index contributed by atoms with van der Waals surface area (Å²) >= 11 is 0. The Morgan fingerprint density at radius 2 is 1.50 bits per heavy atom. The maximum atomic E-state index is 11.9. The van der Waals surface area contributed by atoms with Crippen LogP contribution in [-0.4, -0.2) is 85.1 Å². The van der Waals surface area contributed by atoms with E-state index >= 15 is 0 Å². The van der Waals surface area contributed by atoms with Crippen LogP contribution in [0.25, 0.3) is 0 Å². The zero-order valence-corrected chi connectivity index (χ0v) is 22.4. The highest BCUT2D eigenvalue weighted by atomic mass is 31.3. The zero-order chi connectivity index (χ0) is 26.3. The van der Waals surface area contributed by atoms with Gasteiger partial charge in [-0.1, -0.05) is 0 Å². The molecule has 0 radical (unpaired) electrons. The first-order valence-corrected chi connectivity index (χ1v) is 14.8. The maximum absolute atomic E-state index is 11.9. The molecular formula is C16H34NO14P3. The van der Waals surface area contributed by atoms with Crippen molar-refractivity contribution in [3.63, 3.8) is 0 Å². The summed E-state index contributed by atoms with van der Waals surface area (Å²) in [7, 11) is -14.8. The van der Waals surface area contributed by atoms with E-state index in [4.69, 9.17) is 24.1 Å². The molecule has 0 aromatic rings. The molecule has 0 spiro atoms. The first kappa shape index (κ1) is 30.4. The molecular weight excluding hydrogens is 523 g/mol. The standard InChI is InChI=1S/C16H34NO14P3/c1-10-14(29-17-15(2,3)7-11(26-6)8-16(17,4)5)13(18)12(28-10)9-27-33(22,23)31-34(24,25)30-32(19,20)21/h10-14,18H,7-9H2,1-6H3,(H,22,23)(H,24,25)(H2,19,20,21). The second-order valence-corrected chi connectivity index (χ2v) is 13.9. The molecule has 202 valence electrons. The fourth-order valence-corrected chi connectivity index (χ4v) is 7.46. The van der Waals surface area contributed by atoms with Gasteiger partial charge in [0.2, 0.25) is 0 Å². The molecule has 2 saturated heterocycles. The average Bonchev–Trinajstić information content (AvgIpc) is 2.86. The van der Waals surface area contributed by atoms with E-state index in [9.17, 15) is 28.6 Å². The molecule has 2 fully saturated rings. The summed E-state index contributed by atoms with van der Waals surface area (Å²) < 4.78 is 57.1. The molecule has 6 unspecified atom stereocenters. The number of rotatable bonds is 10. The fourth-order valence-electron chi connectivity index (χ4n) is 4.43. The third-order valence-corrected chi connectivity index (χ3v) is 9.30. The van der Waals surface area contributed by atoms with Crippen LogP contribution in [0.5, 0.6) is 0 Å². The molecule has 0 aliphatic carbocycles. The maximum Gasteiger partial charge on any atom is 0.490 e. The predicted molar refractivity (Wildman–Crippen MR) is 115 cm³/mol. The number of aliphatic hydroxyl groups is 1. The Balaban J connectivity index is 2.04. The number of piperidine rings is 1. The summed E-state index contributed by atoms with van der Waals surface area (Å²) in [5.74, 6) is 0. The summed E-state index contributed by atoms with van der Waals surface area (Å²) in [6, 6.07) is 0. The van der Waals surface area contributed by atoms with E-state index in [1.54, 1.807) is 19.1 Å². The molecule has 0 bridgehead atoms. The van der Waals surface area contributed by atoms with Crippen LogP contribution in [0.2, 0.25) is 0 Å². The van der Waals surface area contributed by atoms with Gasteiger partial charge in [0.25, 0.3) is 0 Å². The van der Waals surface area contributed by atoms with Crippen molar-refractivity contribution < 1.29 is 65.8 Å². The van der Waals surface area contributed by atoms with Crippen LogP contribution in [0.4, 0.5) is 0 Å². The SMILES string of the molecule is COC1CC(C)(C)N(OC2C(C)OC(COP(=O)(O)OP(=O)(O)OP(=O)(O)O)C2O)C(C)(C)C1. The molecule has 2 aliphatic rings. The number of hydrogen-bond acceptors (Lipinski definition) is 11. The number of aliphatic hydroxyl groups excluding tert-OH is 1. The Bertz CT molecular complexity index is 844. The van der Waals surface area contributed by atoms with Gasteiger partial charge in [-0.15, -0.1) is 0 Å². The first-order valence-electron chi connectivity index (χ1n) is 10.3.